The lowest BCUT2D eigenvalue weighted by Gasteiger charge is -2.08. The number of likely N-dealkylation sites (N-methyl/N-ethyl adjacent to an activating group) is 1. The number of carbonyl (C=O) groups excluding carboxylic acids is 1. The molecule has 0 fully saturated rings. The number of aryl methyl sites for hydroxylation is 3. The second-order valence-corrected chi connectivity index (χ2v) is 4.98. The monoisotopic (exact) mass is 244 g/mol. The molecule has 3 nitrogen and oxygen atoms in total. The number of nitrogens with one attached hydrogen (secondary N) is 1. The zero-order valence-electron chi connectivity index (χ0n) is 11.7. The molecule has 1 N–H and O–H groups in total. The molecule has 0 aliphatic heterocycles. The van der Waals surface area contributed by atoms with Gasteiger partial charge in [0.1, 0.15) is 0 Å². The number of Topliss-reactive ketones (excluding diaryl/α,β-unsaturated/α-hetero) is 1. The Morgan fingerprint density at radius 3 is 2.50 bits per heavy atom. The fraction of sp³-hybridized carbons (Fsp3) is 0.400. The van der Waals surface area contributed by atoms with E-state index in [1.165, 1.54) is 11.1 Å². The van der Waals surface area contributed by atoms with Gasteiger partial charge in [0.05, 0.1) is 6.04 Å². The standard InChI is InChI=1S/C15H20N2O/c1-9-6-12-13(15(18)11(3)16-4)8-17(5)14(12)7-10(9)2/h6-8,11,16H,1-5H3. The van der Waals surface area contributed by atoms with Gasteiger partial charge >= 0.3 is 0 Å². The summed E-state index contributed by atoms with van der Waals surface area (Å²) in [6, 6.07) is 4.10. The summed E-state index contributed by atoms with van der Waals surface area (Å²) in [5, 5.41) is 4.05. The summed E-state index contributed by atoms with van der Waals surface area (Å²) in [5.41, 5.74) is 4.39. The van der Waals surface area contributed by atoms with E-state index in [9.17, 15) is 4.79 Å². The SMILES string of the molecule is CNC(C)C(=O)c1cn(C)c2cc(C)c(C)cc12. The first-order valence-corrected chi connectivity index (χ1v) is 6.23. The first kappa shape index (κ1) is 12.8. The molecule has 18 heavy (non-hydrogen) atoms. The minimum absolute atomic E-state index is 0.145. The molecule has 2 aromatic rings. The molecule has 0 bridgehead atoms. The van der Waals surface area contributed by atoms with Crippen molar-refractivity contribution in [3.63, 3.8) is 0 Å². The van der Waals surface area contributed by atoms with Gasteiger partial charge in [-0.3, -0.25) is 4.79 Å². The second-order valence-electron chi connectivity index (χ2n) is 4.98. The summed E-state index contributed by atoms with van der Waals surface area (Å²) in [5.74, 6) is 0.145. The van der Waals surface area contributed by atoms with Crippen LogP contribution in [0.3, 0.4) is 0 Å². The highest BCUT2D eigenvalue weighted by atomic mass is 16.1. The van der Waals surface area contributed by atoms with E-state index < -0.39 is 0 Å². The van der Waals surface area contributed by atoms with Gasteiger partial charge in [-0.05, 0) is 51.1 Å². The highest BCUT2D eigenvalue weighted by molar-refractivity contribution is 6.10. The van der Waals surface area contributed by atoms with Gasteiger partial charge in [0, 0.05) is 29.7 Å². The second kappa shape index (κ2) is 4.58. The van der Waals surface area contributed by atoms with Crippen LogP contribution < -0.4 is 5.32 Å². The van der Waals surface area contributed by atoms with Crippen molar-refractivity contribution in [1.82, 2.24) is 9.88 Å². The van der Waals surface area contributed by atoms with E-state index >= 15 is 0 Å². The number of ketones is 1. The smallest absolute Gasteiger partial charge is 0.181 e. The van der Waals surface area contributed by atoms with Gasteiger partial charge in [-0.2, -0.15) is 0 Å². The molecular formula is C15H20N2O. The third-order valence-electron chi connectivity index (χ3n) is 3.70. The minimum Gasteiger partial charge on any atom is -0.350 e. The van der Waals surface area contributed by atoms with Crippen LogP contribution >= 0.6 is 0 Å². The predicted octanol–water partition coefficient (Wildman–Crippen LogP) is 2.59. The lowest BCUT2D eigenvalue weighted by Crippen LogP contribution is -2.30. The normalized spacial score (nSPS) is 12.9. The topological polar surface area (TPSA) is 34.0 Å². The molecule has 1 atom stereocenters. The van der Waals surface area contributed by atoms with Crippen LogP contribution in [0.15, 0.2) is 18.3 Å². The molecule has 1 aromatic carbocycles. The number of carbonyl (C=O) groups is 1. The minimum atomic E-state index is -0.155. The van der Waals surface area contributed by atoms with Gasteiger partial charge in [0.2, 0.25) is 0 Å². The molecule has 96 valence electrons. The van der Waals surface area contributed by atoms with Crippen LogP contribution in [0.1, 0.15) is 28.4 Å². The number of rotatable bonds is 3. The Labute approximate surface area is 108 Å². The first-order chi connectivity index (χ1) is 8.45. The molecule has 0 spiro atoms. The van der Waals surface area contributed by atoms with Crippen molar-refractivity contribution in [1.29, 1.82) is 0 Å². The molecular weight excluding hydrogens is 224 g/mol. The molecule has 2 rings (SSSR count). The number of nitrogens with zero attached hydrogens (tertiary/aromatic N) is 1. The Kier molecular flexibility index (Phi) is 3.26. The maximum Gasteiger partial charge on any atom is 0.181 e. The van der Waals surface area contributed by atoms with Gasteiger partial charge in [0.15, 0.2) is 5.78 Å². The number of benzene rings is 1. The fourth-order valence-corrected chi connectivity index (χ4v) is 2.20. The van der Waals surface area contributed by atoms with Crippen molar-refractivity contribution in [2.24, 2.45) is 7.05 Å². The van der Waals surface area contributed by atoms with Crippen LogP contribution in [-0.4, -0.2) is 23.4 Å². The number of hydrogen-bond acceptors (Lipinski definition) is 2. The Hall–Kier alpha value is -1.61. The van der Waals surface area contributed by atoms with Crippen molar-refractivity contribution < 1.29 is 4.79 Å². The number of aromatic nitrogens is 1. The molecule has 1 unspecified atom stereocenters. The Morgan fingerprint density at radius 1 is 1.28 bits per heavy atom. The van der Waals surface area contributed by atoms with Crippen molar-refractivity contribution in [2.45, 2.75) is 26.8 Å². The Balaban J connectivity index is 2.66. The van der Waals surface area contributed by atoms with E-state index in [0.29, 0.717) is 0 Å². The predicted molar refractivity (Wildman–Crippen MR) is 75.2 cm³/mol. The quantitative estimate of drug-likeness (QED) is 0.842. The molecule has 0 amide bonds. The largest absolute Gasteiger partial charge is 0.350 e. The Bertz CT molecular complexity index is 610. The van der Waals surface area contributed by atoms with E-state index in [-0.39, 0.29) is 11.8 Å². The molecule has 3 heteroatoms. The maximum atomic E-state index is 12.3. The molecule has 1 aromatic heterocycles. The van der Waals surface area contributed by atoms with Gasteiger partial charge in [-0.15, -0.1) is 0 Å². The van der Waals surface area contributed by atoms with Crippen molar-refractivity contribution in [3.05, 3.63) is 35.0 Å². The highest BCUT2D eigenvalue weighted by Gasteiger charge is 2.18. The lowest BCUT2D eigenvalue weighted by molar-refractivity contribution is 0.0956. The number of fused-ring (bicyclic) bond motifs is 1. The summed E-state index contributed by atoms with van der Waals surface area (Å²) < 4.78 is 2.03. The van der Waals surface area contributed by atoms with E-state index in [2.05, 4.69) is 31.3 Å². The first-order valence-electron chi connectivity index (χ1n) is 6.23. The summed E-state index contributed by atoms with van der Waals surface area (Å²) >= 11 is 0. The van der Waals surface area contributed by atoms with Gasteiger partial charge in [0.25, 0.3) is 0 Å². The molecule has 0 aliphatic rings. The van der Waals surface area contributed by atoms with Gasteiger partial charge in [-0.25, -0.2) is 0 Å². The van der Waals surface area contributed by atoms with Crippen LogP contribution in [0.25, 0.3) is 10.9 Å². The molecule has 1 heterocycles. The van der Waals surface area contributed by atoms with Crippen LogP contribution in [-0.2, 0) is 7.05 Å². The van der Waals surface area contributed by atoms with Crippen LogP contribution in [0, 0.1) is 13.8 Å². The number of hydrogen-bond donors (Lipinski definition) is 1. The van der Waals surface area contributed by atoms with Crippen molar-refractivity contribution in [3.8, 4) is 0 Å². The van der Waals surface area contributed by atoms with Crippen LogP contribution in [0.2, 0.25) is 0 Å². The van der Waals surface area contributed by atoms with Crippen molar-refractivity contribution >= 4 is 16.7 Å². The van der Waals surface area contributed by atoms with Crippen LogP contribution in [0.4, 0.5) is 0 Å². The zero-order valence-corrected chi connectivity index (χ0v) is 11.7. The Morgan fingerprint density at radius 2 is 1.89 bits per heavy atom. The van der Waals surface area contributed by atoms with E-state index in [1.807, 2.05) is 31.8 Å². The summed E-state index contributed by atoms with van der Waals surface area (Å²) in [7, 11) is 3.79. The molecule has 0 saturated heterocycles. The van der Waals surface area contributed by atoms with E-state index in [1.54, 1.807) is 0 Å². The summed E-state index contributed by atoms with van der Waals surface area (Å²) in [6.07, 6.45) is 1.93. The summed E-state index contributed by atoms with van der Waals surface area (Å²) in [4.78, 5) is 12.3. The molecule has 0 saturated carbocycles. The molecule has 0 radical (unpaired) electrons. The highest BCUT2D eigenvalue weighted by Crippen LogP contribution is 2.25. The average Bonchev–Trinajstić information content (AvgIpc) is 2.65. The van der Waals surface area contributed by atoms with E-state index in [4.69, 9.17) is 0 Å². The van der Waals surface area contributed by atoms with Crippen LogP contribution in [0.5, 0.6) is 0 Å². The zero-order chi connectivity index (χ0) is 13.4. The van der Waals surface area contributed by atoms with Gasteiger partial charge < -0.3 is 9.88 Å². The third kappa shape index (κ3) is 1.95. The van der Waals surface area contributed by atoms with Gasteiger partial charge in [-0.1, -0.05) is 0 Å². The van der Waals surface area contributed by atoms with E-state index in [0.717, 1.165) is 16.5 Å². The molecule has 0 aliphatic carbocycles. The maximum absolute atomic E-state index is 12.3. The third-order valence-corrected chi connectivity index (χ3v) is 3.70. The average molecular weight is 244 g/mol. The van der Waals surface area contributed by atoms with Crippen molar-refractivity contribution in [2.75, 3.05) is 7.05 Å². The summed E-state index contributed by atoms with van der Waals surface area (Å²) in [6.45, 7) is 6.07. The fourth-order valence-electron chi connectivity index (χ4n) is 2.20. The lowest BCUT2D eigenvalue weighted by atomic mass is 10.0.